The van der Waals surface area contributed by atoms with Crippen LogP contribution in [0.25, 0.3) is 0 Å². The van der Waals surface area contributed by atoms with Crippen molar-refractivity contribution in [1.29, 1.82) is 0 Å². The molecule has 1 fully saturated rings. The quantitative estimate of drug-likeness (QED) is 0.335. The molecule has 12 heteroatoms. The van der Waals surface area contributed by atoms with Gasteiger partial charge in [-0.3, -0.25) is 9.78 Å². The molecule has 1 aromatic carbocycles. The van der Waals surface area contributed by atoms with E-state index < -0.39 is 29.2 Å². The van der Waals surface area contributed by atoms with Gasteiger partial charge in [-0.1, -0.05) is 30.3 Å². The number of ether oxygens (including phenoxy) is 1. The van der Waals surface area contributed by atoms with E-state index in [-0.39, 0.29) is 36.5 Å². The molecule has 0 spiro atoms. The third-order valence-corrected chi connectivity index (χ3v) is 6.89. The lowest BCUT2D eigenvalue weighted by Gasteiger charge is -2.33. The average molecular weight is 585 g/mol. The third kappa shape index (κ3) is 8.40. The maximum Gasteiger partial charge on any atom is 0.419 e. The molecule has 3 N–H and O–H groups in total. The molecule has 1 saturated heterocycles. The van der Waals surface area contributed by atoms with Crippen LogP contribution in [0, 0.1) is 0 Å². The number of halogens is 3. The van der Waals surface area contributed by atoms with Crippen LogP contribution in [0.3, 0.4) is 0 Å². The minimum atomic E-state index is -4.72. The molecule has 1 aliphatic heterocycles. The summed E-state index contributed by atoms with van der Waals surface area (Å²) in [6.45, 7) is 6.60. The van der Waals surface area contributed by atoms with Gasteiger partial charge in [0.1, 0.15) is 5.60 Å². The maximum absolute atomic E-state index is 14.0. The lowest BCUT2D eigenvalue weighted by molar-refractivity contribution is -0.139. The Morgan fingerprint density at radius 3 is 2.31 bits per heavy atom. The van der Waals surface area contributed by atoms with Crippen molar-refractivity contribution >= 4 is 23.6 Å². The first-order valence-electron chi connectivity index (χ1n) is 13.8. The standard InChI is InChI=1S/C30H35F3N6O3/c1-29(2,3)42-28(41)39-13-11-20(12-14-39)24-10-9-22(17-35-24)37-27-36-18-23(30(31,32)33)26(38-27)21(16-25(34)40)15-19-7-5-4-6-8-19/h4-10,17-18,20-21H,11-16H2,1-3H3,(H2,34,40)(H,36,37,38). The van der Waals surface area contributed by atoms with Crippen LogP contribution in [0.5, 0.6) is 0 Å². The first-order chi connectivity index (χ1) is 19.8. The molecule has 2 aromatic heterocycles. The molecule has 9 nitrogen and oxygen atoms in total. The van der Waals surface area contributed by atoms with E-state index in [4.69, 9.17) is 10.5 Å². The number of nitrogens with two attached hydrogens (primary N) is 1. The van der Waals surface area contributed by atoms with E-state index in [9.17, 15) is 22.8 Å². The molecule has 1 aliphatic rings. The second-order valence-electron chi connectivity index (χ2n) is 11.4. The summed E-state index contributed by atoms with van der Waals surface area (Å²) in [6.07, 6.45) is -1.45. The smallest absolute Gasteiger partial charge is 0.419 e. The summed E-state index contributed by atoms with van der Waals surface area (Å²) in [5, 5.41) is 2.93. The fourth-order valence-electron chi connectivity index (χ4n) is 4.93. The minimum Gasteiger partial charge on any atom is -0.444 e. The first-order valence-corrected chi connectivity index (χ1v) is 13.8. The molecule has 42 heavy (non-hydrogen) atoms. The van der Waals surface area contributed by atoms with E-state index in [2.05, 4.69) is 20.3 Å². The molecular weight excluding hydrogens is 549 g/mol. The predicted molar refractivity (Wildman–Crippen MR) is 151 cm³/mol. The lowest BCUT2D eigenvalue weighted by atomic mass is 9.90. The van der Waals surface area contributed by atoms with Gasteiger partial charge >= 0.3 is 12.3 Å². The zero-order chi connectivity index (χ0) is 30.5. The number of pyridine rings is 1. The number of nitrogens with zero attached hydrogens (tertiary/aromatic N) is 4. The Hall–Kier alpha value is -4.22. The number of nitrogens with one attached hydrogen (secondary N) is 1. The molecule has 1 unspecified atom stereocenters. The monoisotopic (exact) mass is 584 g/mol. The van der Waals surface area contributed by atoms with Gasteiger partial charge in [0, 0.05) is 43.2 Å². The van der Waals surface area contributed by atoms with Crippen molar-refractivity contribution in [2.45, 2.75) is 70.1 Å². The largest absolute Gasteiger partial charge is 0.444 e. The van der Waals surface area contributed by atoms with E-state index in [0.29, 0.717) is 18.8 Å². The second kappa shape index (κ2) is 12.7. The van der Waals surface area contributed by atoms with Gasteiger partial charge in [-0.25, -0.2) is 14.8 Å². The Morgan fingerprint density at radius 1 is 1.05 bits per heavy atom. The van der Waals surface area contributed by atoms with E-state index >= 15 is 0 Å². The Labute approximate surface area is 242 Å². The molecule has 3 heterocycles. The fourth-order valence-corrected chi connectivity index (χ4v) is 4.93. The SMILES string of the molecule is CC(C)(C)OC(=O)N1CCC(c2ccc(Nc3ncc(C(F)(F)F)c(C(CC(N)=O)Cc4ccccc4)n3)cn2)CC1. The summed E-state index contributed by atoms with van der Waals surface area (Å²) in [4.78, 5) is 38.5. The average Bonchev–Trinajstić information content (AvgIpc) is 2.92. The summed E-state index contributed by atoms with van der Waals surface area (Å²) < 4.78 is 47.3. The van der Waals surface area contributed by atoms with Gasteiger partial charge < -0.3 is 20.7 Å². The number of hydrogen-bond donors (Lipinski definition) is 2. The highest BCUT2D eigenvalue weighted by atomic mass is 19.4. The van der Waals surface area contributed by atoms with E-state index in [1.54, 1.807) is 47.5 Å². The number of carbonyl (C=O) groups is 2. The van der Waals surface area contributed by atoms with Gasteiger partial charge in [-0.05, 0) is 57.7 Å². The topological polar surface area (TPSA) is 123 Å². The van der Waals surface area contributed by atoms with E-state index in [0.717, 1.165) is 30.3 Å². The van der Waals surface area contributed by atoms with Crippen LogP contribution in [0.1, 0.15) is 74.4 Å². The van der Waals surface area contributed by atoms with Crippen LogP contribution in [0.15, 0.2) is 54.9 Å². The van der Waals surface area contributed by atoms with Crippen molar-refractivity contribution in [1.82, 2.24) is 19.9 Å². The number of anilines is 2. The van der Waals surface area contributed by atoms with Crippen molar-refractivity contribution in [3.63, 3.8) is 0 Å². The zero-order valence-corrected chi connectivity index (χ0v) is 23.8. The number of piperidine rings is 1. The van der Waals surface area contributed by atoms with Gasteiger partial charge in [0.15, 0.2) is 0 Å². The molecule has 0 aliphatic carbocycles. The fraction of sp³-hybridized carbons (Fsp3) is 0.433. The van der Waals surface area contributed by atoms with Gasteiger partial charge in [0.2, 0.25) is 11.9 Å². The van der Waals surface area contributed by atoms with Crippen LogP contribution in [-0.4, -0.2) is 50.5 Å². The van der Waals surface area contributed by atoms with Crippen molar-refractivity contribution in [2.24, 2.45) is 5.73 Å². The molecule has 0 bridgehead atoms. The number of aromatic nitrogens is 3. The molecule has 0 saturated carbocycles. The number of alkyl halides is 3. The van der Waals surface area contributed by atoms with Gasteiger partial charge in [-0.15, -0.1) is 0 Å². The molecule has 1 atom stereocenters. The summed E-state index contributed by atoms with van der Waals surface area (Å²) in [5.74, 6) is -1.54. The zero-order valence-electron chi connectivity index (χ0n) is 23.8. The highest BCUT2D eigenvalue weighted by Crippen LogP contribution is 2.37. The third-order valence-electron chi connectivity index (χ3n) is 6.89. The second-order valence-corrected chi connectivity index (χ2v) is 11.4. The molecule has 2 amide bonds. The number of primary amides is 1. The first kappa shape index (κ1) is 30.7. The number of amides is 2. The van der Waals surface area contributed by atoms with Gasteiger partial charge in [-0.2, -0.15) is 13.2 Å². The number of carbonyl (C=O) groups excluding carboxylic acids is 2. The van der Waals surface area contributed by atoms with Crippen LogP contribution in [0.2, 0.25) is 0 Å². The van der Waals surface area contributed by atoms with Crippen LogP contribution >= 0.6 is 0 Å². The summed E-state index contributed by atoms with van der Waals surface area (Å²) >= 11 is 0. The highest BCUT2D eigenvalue weighted by molar-refractivity contribution is 5.75. The van der Waals surface area contributed by atoms with Crippen LogP contribution < -0.4 is 11.1 Å². The molecule has 3 aromatic rings. The van der Waals surface area contributed by atoms with Gasteiger partial charge in [0.25, 0.3) is 0 Å². The molecule has 224 valence electrons. The number of likely N-dealkylation sites (tertiary alicyclic amines) is 1. The van der Waals surface area contributed by atoms with Crippen LogP contribution in [-0.2, 0) is 22.1 Å². The maximum atomic E-state index is 14.0. The van der Waals surface area contributed by atoms with Crippen LogP contribution in [0.4, 0.5) is 29.6 Å². The number of rotatable bonds is 8. The highest BCUT2D eigenvalue weighted by Gasteiger charge is 2.37. The predicted octanol–water partition coefficient (Wildman–Crippen LogP) is 5.95. The molecule has 4 rings (SSSR count). The Balaban J connectivity index is 1.49. The van der Waals surface area contributed by atoms with E-state index in [1.807, 2.05) is 26.8 Å². The summed E-state index contributed by atoms with van der Waals surface area (Å²) in [6, 6.07) is 12.5. The van der Waals surface area contributed by atoms with Crippen molar-refractivity contribution in [3.8, 4) is 0 Å². The summed E-state index contributed by atoms with van der Waals surface area (Å²) in [7, 11) is 0. The van der Waals surface area contributed by atoms with Crippen molar-refractivity contribution in [2.75, 3.05) is 18.4 Å². The van der Waals surface area contributed by atoms with Crippen molar-refractivity contribution < 1.29 is 27.5 Å². The minimum absolute atomic E-state index is 0.0549. The Kier molecular flexibility index (Phi) is 9.33. The van der Waals surface area contributed by atoms with Gasteiger partial charge in [0.05, 0.1) is 23.1 Å². The lowest BCUT2D eigenvalue weighted by Crippen LogP contribution is -2.41. The summed E-state index contributed by atoms with van der Waals surface area (Å²) in [5.41, 5.74) is 5.64. The normalized spacial score (nSPS) is 15.2. The Bertz CT molecular complexity index is 1370. The van der Waals surface area contributed by atoms with Crippen molar-refractivity contribution in [3.05, 3.63) is 77.4 Å². The Morgan fingerprint density at radius 2 is 1.74 bits per heavy atom. The molecule has 0 radical (unpaired) electrons. The molecular formula is C30H35F3N6O3. The number of benzene rings is 1. The van der Waals surface area contributed by atoms with E-state index in [1.165, 1.54) is 0 Å². The number of hydrogen-bond acceptors (Lipinski definition) is 7.